The minimum Gasteiger partial charge on any atom is -0.496 e. The van der Waals surface area contributed by atoms with Crippen molar-refractivity contribution in [3.8, 4) is 5.75 Å². The Bertz CT molecular complexity index is 985. The number of aromatic nitrogens is 3. The number of carbonyl (C=O) groups excluding carboxylic acids is 1. The summed E-state index contributed by atoms with van der Waals surface area (Å²) in [7, 11) is 1.66. The van der Waals surface area contributed by atoms with E-state index in [9.17, 15) is 4.79 Å². The largest absolute Gasteiger partial charge is 0.496 e. The normalized spacial score (nSPS) is 17.0. The van der Waals surface area contributed by atoms with Gasteiger partial charge in [-0.15, -0.1) is 0 Å². The molecule has 0 bridgehead atoms. The van der Waals surface area contributed by atoms with E-state index in [-0.39, 0.29) is 11.9 Å². The topological polar surface area (TPSA) is 59.7 Å². The van der Waals surface area contributed by atoms with Crippen molar-refractivity contribution in [2.45, 2.75) is 25.8 Å². The molecular formula is C19H19BrN4O2. The van der Waals surface area contributed by atoms with Crippen LogP contribution in [0.2, 0.25) is 0 Å². The quantitative estimate of drug-likeness (QED) is 0.653. The number of halogens is 1. The number of ether oxygens (including phenoxy) is 1. The van der Waals surface area contributed by atoms with Crippen LogP contribution in [0.3, 0.4) is 0 Å². The molecule has 7 heteroatoms. The van der Waals surface area contributed by atoms with Crippen molar-refractivity contribution in [2.75, 3.05) is 13.7 Å². The number of benzene rings is 1. The molecule has 1 fully saturated rings. The predicted octanol–water partition coefficient (Wildman–Crippen LogP) is 3.79. The Morgan fingerprint density at radius 2 is 2.19 bits per heavy atom. The first-order chi connectivity index (χ1) is 12.6. The molecule has 0 spiro atoms. The van der Waals surface area contributed by atoms with Crippen molar-refractivity contribution in [1.29, 1.82) is 0 Å². The van der Waals surface area contributed by atoms with Gasteiger partial charge in [0, 0.05) is 28.8 Å². The van der Waals surface area contributed by atoms with E-state index in [4.69, 9.17) is 4.74 Å². The Morgan fingerprint density at radius 3 is 3.00 bits per heavy atom. The standard InChI is InChI=1S/C19H19BrN4O2/c1-12-15(11-21-18-7-8-22-24(12)18)19(25)23-9-3-4-16(23)14-10-13(20)5-6-17(14)26-2/h5-8,10-11,16H,3-4,9H2,1-2H3. The number of fused-ring (bicyclic) bond motifs is 1. The summed E-state index contributed by atoms with van der Waals surface area (Å²) in [6, 6.07) is 7.73. The third-order valence-electron chi connectivity index (χ3n) is 4.95. The average molecular weight is 415 g/mol. The average Bonchev–Trinajstić information content (AvgIpc) is 3.31. The van der Waals surface area contributed by atoms with E-state index in [1.54, 1.807) is 24.0 Å². The molecule has 1 amide bonds. The molecule has 2 aromatic heterocycles. The SMILES string of the molecule is COc1ccc(Br)cc1C1CCCN1C(=O)c1cnc2ccnn2c1C. The Morgan fingerprint density at radius 1 is 1.35 bits per heavy atom. The lowest BCUT2D eigenvalue weighted by molar-refractivity contribution is 0.0732. The van der Waals surface area contributed by atoms with Gasteiger partial charge in [-0.2, -0.15) is 5.10 Å². The first-order valence-corrected chi connectivity index (χ1v) is 9.33. The molecule has 0 aliphatic carbocycles. The fourth-order valence-corrected chi connectivity index (χ4v) is 4.03. The van der Waals surface area contributed by atoms with E-state index in [1.807, 2.05) is 36.1 Å². The number of hydrogen-bond acceptors (Lipinski definition) is 4. The molecule has 6 nitrogen and oxygen atoms in total. The molecule has 4 rings (SSSR count). The smallest absolute Gasteiger partial charge is 0.257 e. The molecular weight excluding hydrogens is 396 g/mol. The van der Waals surface area contributed by atoms with Crippen molar-refractivity contribution in [2.24, 2.45) is 0 Å². The zero-order valence-electron chi connectivity index (χ0n) is 14.6. The fourth-order valence-electron chi connectivity index (χ4n) is 3.65. The van der Waals surface area contributed by atoms with Crippen LogP contribution in [0, 0.1) is 6.92 Å². The molecule has 1 aliphatic heterocycles. The lowest BCUT2D eigenvalue weighted by atomic mass is 10.0. The highest BCUT2D eigenvalue weighted by molar-refractivity contribution is 9.10. The van der Waals surface area contributed by atoms with Crippen molar-refractivity contribution < 1.29 is 9.53 Å². The van der Waals surface area contributed by atoms with Gasteiger partial charge in [-0.1, -0.05) is 15.9 Å². The third-order valence-corrected chi connectivity index (χ3v) is 5.44. The minimum atomic E-state index is -0.0167. The number of rotatable bonds is 3. The number of nitrogens with zero attached hydrogens (tertiary/aromatic N) is 4. The molecule has 1 aliphatic rings. The van der Waals surface area contributed by atoms with Gasteiger partial charge < -0.3 is 9.64 Å². The van der Waals surface area contributed by atoms with E-state index in [1.165, 1.54) is 0 Å². The fraction of sp³-hybridized carbons (Fsp3) is 0.316. The summed E-state index contributed by atoms with van der Waals surface area (Å²) in [5.74, 6) is 0.784. The van der Waals surface area contributed by atoms with Crippen LogP contribution in [0.15, 0.2) is 41.1 Å². The van der Waals surface area contributed by atoms with E-state index in [0.29, 0.717) is 5.56 Å². The number of hydrogen-bond donors (Lipinski definition) is 0. The number of amides is 1. The molecule has 0 radical (unpaired) electrons. The second kappa shape index (κ2) is 6.72. The van der Waals surface area contributed by atoms with Gasteiger partial charge in [-0.3, -0.25) is 4.79 Å². The van der Waals surface area contributed by atoms with Crippen LogP contribution in [0.25, 0.3) is 5.65 Å². The lowest BCUT2D eigenvalue weighted by Gasteiger charge is -2.27. The van der Waals surface area contributed by atoms with E-state index in [0.717, 1.165) is 46.5 Å². The Balaban J connectivity index is 1.73. The highest BCUT2D eigenvalue weighted by Crippen LogP contribution is 2.39. The Hall–Kier alpha value is -2.41. The highest BCUT2D eigenvalue weighted by atomic mass is 79.9. The van der Waals surface area contributed by atoms with Crippen LogP contribution in [0.5, 0.6) is 5.75 Å². The van der Waals surface area contributed by atoms with Crippen molar-refractivity contribution in [3.63, 3.8) is 0 Å². The van der Waals surface area contributed by atoms with E-state index < -0.39 is 0 Å². The summed E-state index contributed by atoms with van der Waals surface area (Å²) in [5.41, 5.74) is 3.16. The van der Waals surface area contributed by atoms with Crippen molar-refractivity contribution >= 4 is 27.5 Å². The summed E-state index contributed by atoms with van der Waals surface area (Å²) >= 11 is 3.53. The molecule has 1 atom stereocenters. The molecule has 1 saturated heterocycles. The van der Waals surface area contributed by atoms with Gasteiger partial charge in [0.1, 0.15) is 5.75 Å². The first kappa shape index (κ1) is 17.0. The summed E-state index contributed by atoms with van der Waals surface area (Å²) in [5, 5.41) is 4.26. The van der Waals surface area contributed by atoms with Crippen LogP contribution < -0.4 is 4.74 Å². The zero-order chi connectivity index (χ0) is 18.3. The van der Waals surface area contributed by atoms with Crippen LogP contribution in [-0.4, -0.2) is 39.1 Å². The second-order valence-electron chi connectivity index (χ2n) is 6.40. The van der Waals surface area contributed by atoms with Gasteiger partial charge in [0.15, 0.2) is 5.65 Å². The van der Waals surface area contributed by atoms with Crippen LogP contribution in [0.1, 0.15) is 40.5 Å². The molecule has 26 heavy (non-hydrogen) atoms. The van der Waals surface area contributed by atoms with Gasteiger partial charge in [0.05, 0.1) is 30.6 Å². The first-order valence-electron chi connectivity index (χ1n) is 8.54. The number of carbonyl (C=O) groups is 1. The molecule has 1 aromatic carbocycles. The summed E-state index contributed by atoms with van der Waals surface area (Å²) in [4.78, 5) is 19.6. The highest BCUT2D eigenvalue weighted by Gasteiger charge is 2.33. The summed E-state index contributed by atoms with van der Waals surface area (Å²) < 4.78 is 8.21. The molecule has 3 aromatic rings. The lowest BCUT2D eigenvalue weighted by Crippen LogP contribution is -2.31. The van der Waals surface area contributed by atoms with Crippen LogP contribution >= 0.6 is 15.9 Å². The van der Waals surface area contributed by atoms with E-state index >= 15 is 0 Å². The molecule has 3 heterocycles. The third kappa shape index (κ3) is 2.76. The summed E-state index contributed by atoms with van der Waals surface area (Å²) in [6.07, 6.45) is 5.22. The van der Waals surface area contributed by atoms with Crippen molar-refractivity contribution in [1.82, 2.24) is 19.5 Å². The van der Waals surface area contributed by atoms with Crippen molar-refractivity contribution in [3.05, 3.63) is 58.0 Å². The molecule has 0 N–H and O–H groups in total. The molecule has 134 valence electrons. The maximum Gasteiger partial charge on any atom is 0.257 e. The van der Waals surface area contributed by atoms with Gasteiger partial charge >= 0.3 is 0 Å². The Labute approximate surface area is 159 Å². The second-order valence-corrected chi connectivity index (χ2v) is 7.32. The Kier molecular flexibility index (Phi) is 4.40. The van der Waals surface area contributed by atoms with Crippen LogP contribution in [-0.2, 0) is 0 Å². The van der Waals surface area contributed by atoms with Gasteiger partial charge in [-0.25, -0.2) is 9.50 Å². The number of likely N-dealkylation sites (tertiary alicyclic amines) is 1. The van der Waals surface area contributed by atoms with E-state index in [2.05, 4.69) is 26.0 Å². The maximum absolute atomic E-state index is 13.3. The van der Waals surface area contributed by atoms with Crippen LogP contribution in [0.4, 0.5) is 0 Å². The number of aryl methyl sites for hydroxylation is 1. The molecule has 0 saturated carbocycles. The zero-order valence-corrected chi connectivity index (χ0v) is 16.2. The van der Waals surface area contributed by atoms with Gasteiger partial charge in [0.25, 0.3) is 5.91 Å². The van der Waals surface area contributed by atoms with Gasteiger partial charge in [0.2, 0.25) is 0 Å². The molecule has 1 unspecified atom stereocenters. The number of methoxy groups -OCH3 is 1. The predicted molar refractivity (Wildman–Crippen MR) is 101 cm³/mol. The summed E-state index contributed by atoms with van der Waals surface area (Å²) in [6.45, 7) is 2.62. The van der Waals surface area contributed by atoms with Gasteiger partial charge in [-0.05, 0) is 38.0 Å². The maximum atomic E-state index is 13.3. The minimum absolute atomic E-state index is 0.0114. The monoisotopic (exact) mass is 414 g/mol.